The largest absolute Gasteiger partial charge is 0.489 e. The lowest BCUT2D eigenvalue weighted by Gasteiger charge is -2.23. The van der Waals surface area contributed by atoms with Crippen molar-refractivity contribution in [1.82, 2.24) is 0 Å². The lowest BCUT2D eigenvalue weighted by atomic mass is 9.89. The first kappa shape index (κ1) is 28.9. The molecule has 1 aliphatic heterocycles. The van der Waals surface area contributed by atoms with E-state index < -0.39 is 9.84 Å². The van der Waals surface area contributed by atoms with Gasteiger partial charge in [-0.1, -0.05) is 42.3 Å². The second-order valence-corrected chi connectivity index (χ2v) is 13.8. The van der Waals surface area contributed by atoms with Gasteiger partial charge in [0.1, 0.15) is 22.2 Å². The third-order valence-corrected chi connectivity index (χ3v) is 10.5. The Bertz CT molecular complexity index is 1710. The van der Waals surface area contributed by atoms with E-state index in [-0.39, 0.29) is 29.8 Å². The molecule has 0 spiro atoms. The molecule has 0 unspecified atom stereocenters. The monoisotopic (exact) mass is 586 g/mol. The van der Waals surface area contributed by atoms with E-state index >= 15 is 0 Å². The summed E-state index contributed by atoms with van der Waals surface area (Å²) in [5.41, 5.74) is 6.89. The summed E-state index contributed by atoms with van der Waals surface area (Å²) in [5, 5.41) is 3.42. The second-order valence-electron chi connectivity index (χ2n) is 10.6. The number of hydrogen-bond acceptors (Lipinski definition) is 6. The van der Waals surface area contributed by atoms with E-state index in [1.54, 1.807) is 18.3 Å². The summed E-state index contributed by atoms with van der Waals surface area (Å²) >= 11 is 1.74. The molecular weight excluding hydrogens is 553 g/mol. The average Bonchev–Trinajstić information content (AvgIpc) is 3.39. The molecule has 212 valence electrons. The van der Waals surface area contributed by atoms with Crippen LogP contribution in [0.4, 0.5) is 0 Å². The molecule has 0 N–H and O–H groups in total. The number of methoxy groups -OCH3 is 1. The zero-order valence-corrected chi connectivity index (χ0v) is 25.2. The molecule has 5 rings (SSSR count). The van der Waals surface area contributed by atoms with Crippen LogP contribution in [0.15, 0.2) is 66.0 Å². The third-order valence-electron chi connectivity index (χ3n) is 7.81. The number of thiophene rings is 1. The van der Waals surface area contributed by atoms with Crippen molar-refractivity contribution < 1.29 is 22.7 Å². The SMILES string of the molecule is CC#C[C@@H](CC(=O)OC)c1ccc(OCc2ccc3scc(-c4ccc(C5CCS(=O)(=O)CC5)cc4C)c3c2)cc1. The average molecular weight is 587 g/mol. The molecule has 0 amide bonds. The van der Waals surface area contributed by atoms with E-state index in [0.717, 1.165) is 16.9 Å². The molecule has 1 aromatic heterocycles. The molecule has 1 atom stereocenters. The standard InChI is InChI=1S/C34H34O5S2/c1-4-5-27(20-34(35)38-3)25-7-10-29(11-8-25)39-21-24-6-13-33-31(19-24)32(22-40-33)30-12-9-28(18-23(30)2)26-14-16-41(36,37)17-15-26/h6-13,18-19,22,26-27H,14-17,20-21H2,1-3H3/t27-/m0/s1. The van der Waals surface area contributed by atoms with Gasteiger partial charge < -0.3 is 9.47 Å². The van der Waals surface area contributed by atoms with Crippen molar-refractivity contribution in [1.29, 1.82) is 0 Å². The van der Waals surface area contributed by atoms with Crippen molar-refractivity contribution in [2.75, 3.05) is 18.6 Å². The molecule has 1 fully saturated rings. The van der Waals surface area contributed by atoms with E-state index in [0.29, 0.717) is 25.4 Å². The van der Waals surface area contributed by atoms with E-state index in [1.807, 2.05) is 24.3 Å². The summed E-state index contributed by atoms with van der Waals surface area (Å²) in [4.78, 5) is 11.8. The van der Waals surface area contributed by atoms with Crippen LogP contribution < -0.4 is 4.74 Å². The minimum absolute atomic E-state index is 0.211. The predicted octanol–water partition coefficient (Wildman–Crippen LogP) is 7.42. The van der Waals surface area contributed by atoms with Crippen LogP contribution in [0, 0.1) is 18.8 Å². The van der Waals surface area contributed by atoms with E-state index in [9.17, 15) is 13.2 Å². The zero-order chi connectivity index (χ0) is 29.0. The number of hydrogen-bond donors (Lipinski definition) is 0. The smallest absolute Gasteiger partial charge is 0.307 e. The van der Waals surface area contributed by atoms with Gasteiger partial charge >= 0.3 is 5.97 Å². The molecule has 4 aromatic rings. The van der Waals surface area contributed by atoms with Gasteiger partial charge in [-0.05, 0) is 90.1 Å². The fraction of sp³-hybridized carbons (Fsp3) is 0.324. The van der Waals surface area contributed by atoms with Crippen molar-refractivity contribution in [3.63, 3.8) is 0 Å². The van der Waals surface area contributed by atoms with Crippen LogP contribution in [0.25, 0.3) is 21.2 Å². The van der Waals surface area contributed by atoms with Gasteiger partial charge in [-0.25, -0.2) is 8.42 Å². The van der Waals surface area contributed by atoms with Gasteiger partial charge in [0.05, 0.1) is 31.0 Å². The maximum absolute atomic E-state index is 11.9. The summed E-state index contributed by atoms with van der Waals surface area (Å²) in [5.74, 6) is 7.12. The second kappa shape index (κ2) is 12.5. The first-order valence-electron chi connectivity index (χ1n) is 13.8. The summed E-state index contributed by atoms with van der Waals surface area (Å²) < 4.78 is 35.9. The van der Waals surface area contributed by atoms with Crippen LogP contribution in [0.2, 0.25) is 0 Å². The van der Waals surface area contributed by atoms with Gasteiger partial charge in [-0.2, -0.15) is 0 Å². The molecule has 1 saturated heterocycles. The number of sulfone groups is 1. The van der Waals surface area contributed by atoms with E-state index in [4.69, 9.17) is 9.47 Å². The topological polar surface area (TPSA) is 69.7 Å². The maximum atomic E-state index is 11.9. The minimum Gasteiger partial charge on any atom is -0.489 e. The van der Waals surface area contributed by atoms with Crippen LogP contribution in [-0.4, -0.2) is 33.0 Å². The number of aryl methyl sites for hydroxylation is 1. The van der Waals surface area contributed by atoms with Gasteiger partial charge in [0, 0.05) is 15.6 Å². The molecule has 2 heterocycles. The van der Waals surface area contributed by atoms with E-state index in [2.05, 4.69) is 60.5 Å². The molecular formula is C34H34O5S2. The van der Waals surface area contributed by atoms with Gasteiger partial charge in [-0.15, -0.1) is 17.3 Å². The van der Waals surface area contributed by atoms with Crippen molar-refractivity contribution in [3.05, 3.63) is 88.3 Å². The van der Waals surface area contributed by atoms with Crippen LogP contribution in [-0.2, 0) is 26.0 Å². The minimum atomic E-state index is -2.87. The Morgan fingerprint density at radius 1 is 1.02 bits per heavy atom. The predicted molar refractivity (Wildman–Crippen MR) is 166 cm³/mol. The number of esters is 1. The number of ether oxygens (including phenoxy) is 2. The summed E-state index contributed by atoms with van der Waals surface area (Å²) in [6, 6.07) is 20.8. The first-order valence-corrected chi connectivity index (χ1v) is 16.5. The Kier molecular flexibility index (Phi) is 8.82. The molecule has 7 heteroatoms. The van der Waals surface area contributed by atoms with Gasteiger partial charge in [-0.3, -0.25) is 4.79 Å². The van der Waals surface area contributed by atoms with Crippen molar-refractivity contribution >= 4 is 37.2 Å². The van der Waals surface area contributed by atoms with Crippen molar-refractivity contribution in [2.24, 2.45) is 0 Å². The molecule has 41 heavy (non-hydrogen) atoms. The maximum Gasteiger partial charge on any atom is 0.307 e. The highest BCUT2D eigenvalue weighted by Gasteiger charge is 2.25. The Morgan fingerprint density at radius 3 is 2.46 bits per heavy atom. The summed E-state index contributed by atoms with van der Waals surface area (Å²) in [6.45, 7) is 4.34. The van der Waals surface area contributed by atoms with Crippen LogP contribution in [0.3, 0.4) is 0 Å². The molecule has 0 bridgehead atoms. The fourth-order valence-electron chi connectivity index (χ4n) is 5.48. The normalized spacial score (nSPS) is 15.6. The van der Waals surface area contributed by atoms with Gasteiger partial charge in [0.15, 0.2) is 0 Å². The highest BCUT2D eigenvalue weighted by Crippen LogP contribution is 2.38. The highest BCUT2D eigenvalue weighted by molar-refractivity contribution is 7.91. The first-order chi connectivity index (χ1) is 19.8. The van der Waals surface area contributed by atoms with E-state index in [1.165, 1.54) is 39.4 Å². The number of rotatable bonds is 8. The number of carbonyl (C=O) groups is 1. The van der Waals surface area contributed by atoms with Gasteiger partial charge in [0.25, 0.3) is 0 Å². The lowest BCUT2D eigenvalue weighted by Crippen LogP contribution is -2.22. The molecule has 1 aliphatic rings. The summed E-state index contributed by atoms with van der Waals surface area (Å²) in [6.07, 6.45) is 1.62. The number of benzene rings is 3. The Hall–Kier alpha value is -3.60. The molecule has 0 saturated carbocycles. The molecule has 0 radical (unpaired) electrons. The fourth-order valence-corrected chi connectivity index (χ4v) is 7.91. The summed E-state index contributed by atoms with van der Waals surface area (Å²) in [7, 11) is -1.48. The van der Waals surface area contributed by atoms with Crippen molar-refractivity contribution in [2.45, 2.75) is 51.6 Å². The number of fused-ring (bicyclic) bond motifs is 1. The Labute approximate surface area is 246 Å². The third kappa shape index (κ3) is 6.83. The van der Waals surface area contributed by atoms with Crippen molar-refractivity contribution in [3.8, 4) is 28.7 Å². The molecule has 0 aliphatic carbocycles. The Morgan fingerprint density at radius 2 is 1.78 bits per heavy atom. The van der Waals surface area contributed by atoms with Gasteiger partial charge in [0.2, 0.25) is 0 Å². The molecule has 3 aromatic carbocycles. The van der Waals surface area contributed by atoms with Crippen LogP contribution in [0.1, 0.15) is 60.3 Å². The van der Waals surface area contributed by atoms with Crippen LogP contribution in [0.5, 0.6) is 5.75 Å². The Balaban J connectivity index is 1.30. The zero-order valence-electron chi connectivity index (χ0n) is 23.6. The highest BCUT2D eigenvalue weighted by atomic mass is 32.2. The number of carbonyl (C=O) groups excluding carboxylic acids is 1. The lowest BCUT2D eigenvalue weighted by molar-refractivity contribution is -0.140. The van der Waals surface area contributed by atoms with Crippen LogP contribution >= 0.6 is 11.3 Å². The molecule has 5 nitrogen and oxygen atoms in total. The quantitative estimate of drug-likeness (QED) is 0.159.